The fourth-order valence-corrected chi connectivity index (χ4v) is 1.61. The third-order valence-electron chi connectivity index (χ3n) is 2.56. The van der Waals surface area contributed by atoms with Crippen LogP contribution >= 0.6 is 11.6 Å². The lowest BCUT2D eigenvalue weighted by atomic mass is 10.00. The summed E-state index contributed by atoms with van der Waals surface area (Å²) in [7, 11) is 0. The molecule has 1 amide bonds. The summed E-state index contributed by atoms with van der Waals surface area (Å²) in [6.07, 6.45) is -3.96. The summed E-state index contributed by atoms with van der Waals surface area (Å²) >= 11 is 5.77. The van der Waals surface area contributed by atoms with Gasteiger partial charge in [0.15, 0.2) is 0 Å². The molecule has 20 heavy (non-hydrogen) atoms. The number of hydrogen-bond acceptors (Lipinski definition) is 2. The van der Waals surface area contributed by atoms with Crippen molar-refractivity contribution in [2.45, 2.75) is 38.4 Å². The van der Waals surface area contributed by atoms with E-state index in [9.17, 15) is 18.0 Å². The second kappa shape index (κ2) is 6.01. The number of carbonyl (C=O) groups is 1. The minimum atomic E-state index is -4.48. The van der Waals surface area contributed by atoms with Gasteiger partial charge in [0.25, 0.3) is 0 Å². The Labute approximate surface area is 120 Å². The second-order valence-electron chi connectivity index (χ2n) is 5.23. The number of amides is 1. The van der Waals surface area contributed by atoms with Crippen LogP contribution < -0.4 is 11.1 Å². The molecule has 1 rings (SSSR count). The SMILES string of the molecule is CC(C)(N)CCC(=O)Nc1cc(C(F)(F)F)ccc1Cl. The van der Waals surface area contributed by atoms with Crippen molar-refractivity contribution < 1.29 is 18.0 Å². The predicted molar refractivity (Wildman–Crippen MR) is 72.6 cm³/mol. The monoisotopic (exact) mass is 308 g/mol. The third-order valence-corrected chi connectivity index (χ3v) is 2.89. The molecule has 3 nitrogen and oxygen atoms in total. The summed E-state index contributed by atoms with van der Waals surface area (Å²) in [5, 5.41) is 2.42. The zero-order chi connectivity index (χ0) is 15.6. The maximum absolute atomic E-state index is 12.6. The minimum absolute atomic E-state index is 0.0540. The van der Waals surface area contributed by atoms with E-state index in [1.807, 2.05) is 0 Å². The van der Waals surface area contributed by atoms with Crippen molar-refractivity contribution in [2.24, 2.45) is 5.73 Å². The highest BCUT2D eigenvalue weighted by atomic mass is 35.5. The highest BCUT2D eigenvalue weighted by Crippen LogP contribution is 2.33. The average Bonchev–Trinajstić information content (AvgIpc) is 2.27. The molecule has 0 spiro atoms. The van der Waals surface area contributed by atoms with Crippen molar-refractivity contribution in [1.29, 1.82) is 0 Å². The quantitative estimate of drug-likeness (QED) is 0.888. The van der Waals surface area contributed by atoms with Crippen molar-refractivity contribution in [3.63, 3.8) is 0 Å². The molecule has 0 unspecified atom stereocenters. The molecule has 0 bridgehead atoms. The Morgan fingerprint density at radius 3 is 2.45 bits per heavy atom. The smallest absolute Gasteiger partial charge is 0.326 e. The van der Waals surface area contributed by atoms with Gasteiger partial charge in [0.2, 0.25) is 5.91 Å². The van der Waals surface area contributed by atoms with Crippen molar-refractivity contribution in [3.05, 3.63) is 28.8 Å². The molecule has 0 radical (unpaired) electrons. The molecule has 0 aliphatic carbocycles. The van der Waals surface area contributed by atoms with Crippen LogP contribution in [0.3, 0.4) is 0 Å². The van der Waals surface area contributed by atoms with E-state index in [2.05, 4.69) is 5.32 Å². The van der Waals surface area contributed by atoms with Crippen LogP contribution in [-0.2, 0) is 11.0 Å². The van der Waals surface area contributed by atoms with Crippen LogP contribution in [0.2, 0.25) is 5.02 Å². The lowest BCUT2D eigenvalue weighted by Gasteiger charge is -2.18. The number of rotatable bonds is 4. The molecule has 0 aromatic heterocycles. The van der Waals surface area contributed by atoms with Crippen molar-refractivity contribution in [3.8, 4) is 0 Å². The largest absolute Gasteiger partial charge is 0.416 e. The summed E-state index contributed by atoms with van der Waals surface area (Å²) in [5.74, 6) is -0.426. The van der Waals surface area contributed by atoms with Crippen LogP contribution in [0.1, 0.15) is 32.3 Å². The second-order valence-corrected chi connectivity index (χ2v) is 5.64. The van der Waals surface area contributed by atoms with E-state index in [-0.39, 0.29) is 17.1 Å². The Morgan fingerprint density at radius 1 is 1.35 bits per heavy atom. The molecule has 0 aliphatic heterocycles. The van der Waals surface area contributed by atoms with Gasteiger partial charge in [-0.3, -0.25) is 4.79 Å². The van der Waals surface area contributed by atoms with Gasteiger partial charge in [-0.25, -0.2) is 0 Å². The number of carbonyl (C=O) groups excluding carboxylic acids is 1. The fourth-order valence-electron chi connectivity index (χ4n) is 1.45. The molecule has 112 valence electrons. The summed E-state index contributed by atoms with van der Waals surface area (Å²) in [4.78, 5) is 11.7. The van der Waals surface area contributed by atoms with Gasteiger partial charge in [0.1, 0.15) is 0 Å². The normalized spacial score (nSPS) is 12.3. The van der Waals surface area contributed by atoms with Gasteiger partial charge < -0.3 is 11.1 Å². The van der Waals surface area contributed by atoms with Crippen LogP contribution in [-0.4, -0.2) is 11.4 Å². The number of hydrogen-bond donors (Lipinski definition) is 2. The number of alkyl halides is 3. The molecule has 3 N–H and O–H groups in total. The van der Waals surface area contributed by atoms with Gasteiger partial charge in [-0.2, -0.15) is 13.2 Å². The highest BCUT2D eigenvalue weighted by molar-refractivity contribution is 6.33. The molecule has 7 heteroatoms. The van der Waals surface area contributed by atoms with E-state index < -0.39 is 23.2 Å². The van der Waals surface area contributed by atoms with E-state index in [4.69, 9.17) is 17.3 Å². The molecular weight excluding hydrogens is 293 g/mol. The number of benzene rings is 1. The zero-order valence-corrected chi connectivity index (χ0v) is 11.9. The number of nitrogens with one attached hydrogen (secondary N) is 1. The van der Waals surface area contributed by atoms with Crippen LogP contribution in [0.5, 0.6) is 0 Å². The van der Waals surface area contributed by atoms with Crippen LogP contribution in [0.4, 0.5) is 18.9 Å². The number of halogens is 4. The maximum atomic E-state index is 12.6. The topological polar surface area (TPSA) is 55.1 Å². The molecule has 1 aromatic rings. The number of nitrogens with two attached hydrogens (primary N) is 1. The molecule has 1 aromatic carbocycles. The maximum Gasteiger partial charge on any atom is 0.416 e. The van der Waals surface area contributed by atoms with E-state index in [1.165, 1.54) is 0 Å². The molecule has 0 heterocycles. The first-order chi connectivity index (χ1) is 8.99. The van der Waals surface area contributed by atoms with E-state index in [0.717, 1.165) is 18.2 Å². The Kier molecular flexibility index (Phi) is 5.05. The van der Waals surface area contributed by atoms with Gasteiger partial charge >= 0.3 is 6.18 Å². The van der Waals surface area contributed by atoms with Gasteiger partial charge in [-0.05, 0) is 38.5 Å². The molecule has 0 fully saturated rings. The Balaban J connectivity index is 2.79. The Bertz CT molecular complexity index is 495. The molecular formula is C13H16ClF3N2O. The summed E-state index contributed by atoms with van der Waals surface area (Å²) < 4.78 is 37.7. The standard InChI is InChI=1S/C13H16ClF3N2O/c1-12(2,18)6-5-11(20)19-10-7-8(13(15,16)17)3-4-9(10)14/h3-4,7H,5-6,18H2,1-2H3,(H,19,20). The lowest BCUT2D eigenvalue weighted by molar-refractivity contribution is -0.137. The Morgan fingerprint density at radius 2 is 1.95 bits per heavy atom. The van der Waals surface area contributed by atoms with Crippen LogP contribution in [0.15, 0.2) is 18.2 Å². The van der Waals surface area contributed by atoms with Crippen molar-refractivity contribution in [1.82, 2.24) is 0 Å². The first-order valence-electron chi connectivity index (χ1n) is 5.94. The molecule has 0 aliphatic rings. The fraction of sp³-hybridized carbons (Fsp3) is 0.462. The van der Waals surface area contributed by atoms with E-state index >= 15 is 0 Å². The van der Waals surface area contributed by atoms with E-state index in [0.29, 0.717) is 6.42 Å². The summed E-state index contributed by atoms with van der Waals surface area (Å²) in [5.41, 5.74) is 4.30. The average molecular weight is 309 g/mol. The predicted octanol–water partition coefficient (Wildman–Crippen LogP) is 3.81. The third kappa shape index (κ3) is 5.38. The van der Waals surface area contributed by atoms with Gasteiger partial charge in [0, 0.05) is 12.0 Å². The summed E-state index contributed by atoms with van der Waals surface area (Å²) in [6, 6.07) is 2.78. The van der Waals surface area contributed by atoms with Crippen molar-refractivity contribution >= 4 is 23.2 Å². The molecule has 0 atom stereocenters. The van der Waals surface area contributed by atoms with Crippen LogP contribution in [0.25, 0.3) is 0 Å². The Hall–Kier alpha value is -1.27. The lowest BCUT2D eigenvalue weighted by Crippen LogP contribution is -2.33. The first-order valence-corrected chi connectivity index (χ1v) is 6.32. The first kappa shape index (κ1) is 16.8. The molecule has 0 saturated heterocycles. The van der Waals surface area contributed by atoms with Crippen LogP contribution in [0, 0.1) is 0 Å². The van der Waals surface area contributed by atoms with Gasteiger partial charge in [-0.1, -0.05) is 11.6 Å². The van der Waals surface area contributed by atoms with Gasteiger partial charge in [-0.15, -0.1) is 0 Å². The molecule has 0 saturated carbocycles. The minimum Gasteiger partial charge on any atom is -0.326 e. The van der Waals surface area contributed by atoms with Crippen molar-refractivity contribution in [2.75, 3.05) is 5.32 Å². The number of anilines is 1. The zero-order valence-electron chi connectivity index (χ0n) is 11.1. The van der Waals surface area contributed by atoms with Gasteiger partial charge in [0.05, 0.1) is 16.3 Å². The highest BCUT2D eigenvalue weighted by Gasteiger charge is 2.31. The summed E-state index contributed by atoms with van der Waals surface area (Å²) in [6.45, 7) is 3.52. The van der Waals surface area contributed by atoms with E-state index in [1.54, 1.807) is 13.8 Å².